The second-order valence-electron chi connectivity index (χ2n) is 11.5. The fraction of sp³-hybridized carbons (Fsp3) is 0.324. The van der Waals surface area contributed by atoms with E-state index in [1.807, 2.05) is 24.3 Å². The second kappa shape index (κ2) is 12.5. The Morgan fingerprint density at radius 3 is 2.57 bits per heavy atom. The molecule has 2 aliphatic rings. The predicted octanol–water partition coefficient (Wildman–Crippen LogP) is 6.62. The van der Waals surface area contributed by atoms with Crippen molar-refractivity contribution >= 4 is 28.5 Å². The van der Waals surface area contributed by atoms with Crippen LogP contribution in [0.15, 0.2) is 72.8 Å². The molecule has 0 bridgehead atoms. The minimum absolute atomic E-state index is 0.0994. The van der Waals surface area contributed by atoms with Gasteiger partial charge < -0.3 is 19.8 Å². The van der Waals surface area contributed by atoms with Gasteiger partial charge in [-0.1, -0.05) is 35.9 Å². The van der Waals surface area contributed by atoms with E-state index in [1.165, 1.54) is 6.07 Å². The molecule has 7 rings (SSSR count). The first-order valence-electron chi connectivity index (χ1n) is 15.1. The van der Waals surface area contributed by atoms with Gasteiger partial charge in [0.1, 0.15) is 24.1 Å². The molecular weight excluding hydrogens is 579 g/mol. The lowest BCUT2D eigenvalue weighted by atomic mass is 9.93. The number of benzene rings is 2. The summed E-state index contributed by atoms with van der Waals surface area (Å²) in [5.41, 5.74) is 11.3. The summed E-state index contributed by atoms with van der Waals surface area (Å²) < 4.78 is 28.1. The van der Waals surface area contributed by atoms with E-state index in [2.05, 4.69) is 38.7 Å². The zero-order valence-corrected chi connectivity index (χ0v) is 25.1. The first kappa shape index (κ1) is 28.7. The number of imidazole rings is 1. The third-order valence-corrected chi connectivity index (χ3v) is 8.82. The molecule has 0 radical (unpaired) electrons. The van der Waals surface area contributed by atoms with E-state index in [4.69, 9.17) is 36.8 Å². The molecule has 2 aliphatic heterocycles. The summed E-state index contributed by atoms with van der Waals surface area (Å²) in [6.45, 7) is 4.37. The van der Waals surface area contributed by atoms with Crippen molar-refractivity contribution in [1.29, 1.82) is 0 Å². The summed E-state index contributed by atoms with van der Waals surface area (Å²) in [4.78, 5) is 16.8. The highest BCUT2D eigenvalue weighted by Gasteiger charge is 2.26. The maximum Gasteiger partial charge on any atom is 0.213 e. The summed E-state index contributed by atoms with van der Waals surface area (Å²) >= 11 is 5.87. The number of piperidine rings is 1. The third kappa shape index (κ3) is 6.26. The normalized spacial score (nSPS) is 17.5. The Hall–Kier alpha value is -4.05. The molecule has 0 saturated carbocycles. The number of rotatable bonds is 9. The molecule has 0 spiro atoms. The molecule has 5 aromatic rings. The number of hydrogen-bond acceptors (Lipinski definition) is 7. The lowest BCUT2D eigenvalue weighted by Gasteiger charge is -2.32. The number of ether oxygens (including phenoxy) is 2. The van der Waals surface area contributed by atoms with Crippen LogP contribution in [0.2, 0.25) is 5.02 Å². The van der Waals surface area contributed by atoms with Crippen molar-refractivity contribution in [3.05, 3.63) is 101 Å². The predicted molar refractivity (Wildman–Crippen MR) is 169 cm³/mol. The number of anilines is 1. The van der Waals surface area contributed by atoms with Gasteiger partial charge in [-0.15, -0.1) is 0 Å². The minimum Gasteiger partial charge on any atom is -0.473 e. The third-order valence-electron chi connectivity index (χ3n) is 8.58. The summed E-state index contributed by atoms with van der Waals surface area (Å²) in [7, 11) is 0. The number of aromatic nitrogens is 4. The average Bonchev–Trinajstić information content (AvgIpc) is 3.34. The van der Waals surface area contributed by atoms with Gasteiger partial charge in [0.25, 0.3) is 0 Å². The molecule has 8 nitrogen and oxygen atoms in total. The molecule has 3 aromatic heterocycles. The molecule has 44 heavy (non-hydrogen) atoms. The molecule has 10 heteroatoms. The number of pyridine rings is 2. The van der Waals surface area contributed by atoms with Crippen molar-refractivity contribution in [2.24, 2.45) is 0 Å². The van der Waals surface area contributed by atoms with Crippen LogP contribution in [0.5, 0.6) is 5.88 Å². The van der Waals surface area contributed by atoms with Crippen molar-refractivity contribution in [2.75, 3.05) is 25.4 Å². The van der Waals surface area contributed by atoms with Gasteiger partial charge in [-0.2, -0.15) is 0 Å². The van der Waals surface area contributed by atoms with Crippen LogP contribution in [0.3, 0.4) is 0 Å². The fourth-order valence-corrected chi connectivity index (χ4v) is 6.18. The Kier molecular flexibility index (Phi) is 8.16. The Morgan fingerprint density at radius 1 is 0.955 bits per heavy atom. The smallest absolute Gasteiger partial charge is 0.213 e. The van der Waals surface area contributed by atoms with E-state index >= 15 is 0 Å². The molecule has 0 amide bonds. The Bertz CT molecular complexity index is 1780. The molecular formula is C34H34ClFN6O2. The van der Waals surface area contributed by atoms with E-state index in [0.29, 0.717) is 28.2 Å². The van der Waals surface area contributed by atoms with Gasteiger partial charge in [-0.05, 0) is 74.8 Å². The lowest BCUT2D eigenvalue weighted by molar-refractivity contribution is -0.0592. The SMILES string of the molecule is Nc1cccc(-c2ccc3c(c2)nc(CN2CCC(c4cccc(OCc5ccc(Cl)cc5F)n4)CC2)n3C[C@@H]2CCO2)n1. The minimum atomic E-state index is -0.381. The first-order chi connectivity index (χ1) is 21.5. The zero-order chi connectivity index (χ0) is 30.0. The van der Waals surface area contributed by atoms with Gasteiger partial charge in [0.15, 0.2) is 0 Å². The number of nitrogens with zero attached hydrogens (tertiary/aromatic N) is 5. The molecule has 2 saturated heterocycles. The molecule has 2 fully saturated rings. The van der Waals surface area contributed by atoms with Crippen LogP contribution in [0.1, 0.15) is 42.3 Å². The van der Waals surface area contributed by atoms with Crippen molar-refractivity contribution in [3.63, 3.8) is 0 Å². The van der Waals surface area contributed by atoms with E-state index in [0.717, 1.165) is 85.9 Å². The number of fused-ring (bicyclic) bond motifs is 1. The van der Waals surface area contributed by atoms with Crippen LogP contribution < -0.4 is 10.5 Å². The molecule has 2 N–H and O–H groups in total. The Labute approximate surface area is 260 Å². The molecule has 1 atom stereocenters. The lowest BCUT2D eigenvalue weighted by Crippen LogP contribution is -2.35. The number of likely N-dealkylation sites (tertiary alicyclic amines) is 1. The summed E-state index contributed by atoms with van der Waals surface area (Å²) in [5.74, 6) is 2.00. The van der Waals surface area contributed by atoms with E-state index in [1.54, 1.807) is 18.2 Å². The highest BCUT2D eigenvalue weighted by Crippen LogP contribution is 2.31. The van der Waals surface area contributed by atoms with Gasteiger partial charge in [-0.25, -0.2) is 19.3 Å². The van der Waals surface area contributed by atoms with Crippen LogP contribution in [0.4, 0.5) is 10.2 Å². The highest BCUT2D eigenvalue weighted by molar-refractivity contribution is 6.30. The summed E-state index contributed by atoms with van der Waals surface area (Å²) in [5, 5.41) is 0.364. The monoisotopic (exact) mass is 612 g/mol. The number of hydrogen-bond donors (Lipinski definition) is 1. The maximum absolute atomic E-state index is 14.2. The van der Waals surface area contributed by atoms with E-state index < -0.39 is 0 Å². The van der Waals surface area contributed by atoms with Crippen molar-refractivity contribution < 1.29 is 13.9 Å². The van der Waals surface area contributed by atoms with Gasteiger partial charge in [0, 0.05) is 40.4 Å². The van der Waals surface area contributed by atoms with Crippen molar-refractivity contribution in [3.8, 4) is 17.1 Å². The average molecular weight is 613 g/mol. The number of nitrogen functional groups attached to an aromatic ring is 1. The summed E-state index contributed by atoms with van der Waals surface area (Å²) in [6.07, 6.45) is 3.27. The Morgan fingerprint density at radius 2 is 1.80 bits per heavy atom. The second-order valence-corrected chi connectivity index (χ2v) is 12.0. The molecule has 5 heterocycles. The van der Waals surface area contributed by atoms with E-state index in [-0.39, 0.29) is 18.5 Å². The van der Waals surface area contributed by atoms with Crippen molar-refractivity contribution in [1.82, 2.24) is 24.4 Å². The van der Waals surface area contributed by atoms with Gasteiger partial charge >= 0.3 is 0 Å². The standard InChI is InChI=1S/C34H34ClFN6O2/c35-25-9-7-24(27(36)18-25)21-44-34-6-2-4-28(40-34)22-11-14-41(15-12-22)20-33-39-30-17-23(29-3-1-5-32(37)38-29)8-10-31(30)42(33)19-26-13-16-43-26/h1-10,17-18,22,26H,11-16,19-21H2,(H2,37,38)/t26-/m0/s1. The topological polar surface area (TPSA) is 91.3 Å². The maximum atomic E-state index is 14.2. The largest absolute Gasteiger partial charge is 0.473 e. The quantitative estimate of drug-likeness (QED) is 0.200. The first-order valence-corrected chi connectivity index (χ1v) is 15.5. The zero-order valence-electron chi connectivity index (χ0n) is 24.3. The highest BCUT2D eigenvalue weighted by atomic mass is 35.5. The number of nitrogens with two attached hydrogens (primary N) is 1. The Balaban J connectivity index is 1.03. The van der Waals surface area contributed by atoms with Crippen LogP contribution in [0, 0.1) is 5.82 Å². The van der Waals surface area contributed by atoms with Gasteiger partial charge in [0.2, 0.25) is 5.88 Å². The van der Waals surface area contributed by atoms with E-state index in [9.17, 15) is 4.39 Å². The van der Waals surface area contributed by atoms with Gasteiger partial charge in [-0.3, -0.25) is 4.90 Å². The molecule has 0 aliphatic carbocycles. The summed E-state index contributed by atoms with van der Waals surface area (Å²) in [6, 6.07) is 22.4. The fourth-order valence-electron chi connectivity index (χ4n) is 6.02. The van der Waals surface area contributed by atoms with Gasteiger partial charge in [0.05, 0.1) is 35.9 Å². The van der Waals surface area contributed by atoms with Crippen LogP contribution in [0.25, 0.3) is 22.3 Å². The number of halogens is 2. The van der Waals surface area contributed by atoms with Crippen LogP contribution >= 0.6 is 11.6 Å². The molecule has 226 valence electrons. The van der Waals surface area contributed by atoms with Crippen LogP contribution in [-0.2, 0) is 24.4 Å². The van der Waals surface area contributed by atoms with Crippen molar-refractivity contribution in [2.45, 2.75) is 51.0 Å². The molecule has 0 unspecified atom stereocenters. The molecule has 2 aromatic carbocycles. The van der Waals surface area contributed by atoms with Crippen LogP contribution in [-0.4, -0.2) is 50.2 Å².